The van der Waals surface area contributed by atoms with E-state index in [4.69, 9.17) is 4.43 Å². The molecule has 0 aromatic heterocycles. The molecule has 0 heterocycles. The molecule has 2 rings (SSSR count). The molecule has 0 unspecified atom stereocenters. The lowest BCUT2D eigenvalue weighted by Gasteiger charge is -2.50. The number of ketones is 1. The fourth-order valence-electron chi connectivity index (χ4n) is 4.89. The van der Waals surface area contributed by atoms with E-state index in [1.807, 2.05) is 0 Å². The van der Waals surface area contributed by atoms with Crippen molar-refractivity contribution in [2.45, 2.75) is 85.0 Å². The molecular formula is C20H36O2Si. The topological polar surface area (TPSA) is 26.3 Å². The van der Waals surface area contributed by atoms with E-state index in [-0.39, 0.29) is 11.5 Å². The highest BCUT2D eigenvalue weighted by molar-refractivity contribution is 6.73. The second-order valence-corrected chi connectivity index (χ2v) is 12.8. The molecule has 23 heavy (non-hydrogen) atoms. The van der Waals surface area contributed by atoms with E-state index in [0.29, 0.717) is 23.5 Å². The summed E-state index contributed by atoms with van der Waals surface area (Å²) in [5, 5.41) is 0. The van der Waals surface area contributed by atoms with E-state index in [1.54, 1.807) is 0 Å². The van der Waals surface area contributed by atoms with Crippen molar-refractivity contribution in [2.24, 2.45) is 23.2 Å². The Morgan fingerprint density at radius 2 is 1.83 bits per heavy atom. The number of carbonyl (C=O) groups is 1. The first-order chi connectivity index (χ1) is 10.9. The minimum Gasteiger partial charge on any atom is -0.412 e. The van der Waals surface area contributed by atoms with E-state index >= 15 is 0 Å². The largest absolute Gasteiger partial charge is 0.412 e. The predicted octanol–water partition coefficient (Wildman–Crippen LogP) is 5.59. The van der Waals surface area contributed by atoms with Crippen molar-refractivity contribution in [1.82, 2.24) is 0 Å². The van der Waals surface area contributed by atoms with Gasteiger partial charge >= 0.3 is 0 Å². The first-order valence-corrected chi connectivity index (χ1v) is 12.3. The van der Waals surface area contributed by atoms with Crippen LogP contribution in [0.2, 0.25) is 18.1 Å². The van der Waals surface area contributed by atoms with Gasteiger partial charge in [0.2, 0.25) is 0 Å². The Hall–Kier alpha value is -0.413. The molecule has 2 aliphatic rings. The molecule has 2 aliphatic carbocycles. The second kappa shape index (κ2) is 7.22. The van der Waals surface area contributed by atoms with Crippen LogP contribution in [0.4, 0.5) is 0 Å². The fraction of sp³-hybridized carbons (Fsp3) is 0.850. The standard InChI is InChI=1S/C20H36O2Si/c1-7-23(8-2,9-3)22-19-17(15(4)5)13-12-16(6)20(19)14-10-11-18(20)21/h12-13,15-17,19H,7-11,14H2,1-6H3/t16-,17+,19-,20+/m0/s1. The monoisotopic (exact) mass is 336 g/mol. The molecule has 0 saturated heterocycles. The molecule has 2 nitrogen and oxygen atoms in total. The normalized spacial score (nSPS) is 34.7. The van der Waals surface area contributed by atoms with Crippen LogP contribution in [0.5, 0.6) is 0 Å². The van der Waals surface area contributed by atoms with Crippen molar-refractivity contribution >= 4 is 14.1 Å². The van der Waals surface area contributed by atoms with Crippen LogP contribution in [0.25, 0.3) is 0 Å². The second-order valence-electron chi connectivity index (χ2n) is 8.09. The average Bonchev–Trinajstić information content (AvgIpc) is 2.92. The molecule has 0 N–H and O–H groups in total. The maximum atomic E-state index is 13.0. The Morgan fingerprint density at radius 1 is 1.22 bits per heavy atom. The molecule has 1 fully saturated rings. The number of hydrogen-bond donors (Lipinski definition) is 0. The summed E-state index contributed by atoms with van der Waals surface area (Å²) >= 11 is 0. The highest BCUT2D eigenvalue weighted by atomic mass is 28.4. The van der Waals surface area contributed by atoms with Gasteiger partial charge in [-0.25, -0.2) is 0 Å². The van der Waals surface area contributed by atoms with Gasteiger partial charge < -0.3 is 4.43 Å². The van der Waals surface area contributed by atoms with Crippen LogP contribution in [0.15, 0.2) is 12.2 Å². The Balaban J connectivity index is 2.47. The maximum absolute atomic E-state index is 13.0. The van der Waals surface area contributed by atoms with Gasteiger partial charge in [-0.2, -0.15) is 0 Å². The molecule has 0 aliphatic heterocycles. The molecule has 0 aromatic carbocycles. The smallest absolute Gasteiger partial charge is 0.192 e. The predicted molar refractivity (Wildman–Crippen MR) is 100.0 cm³/mol. The van der Waals surface area contributed by atoms with Gasteiger partial charge in [0.15, 0.2) is 8.32 Å². The summed E-state index contributed by atoms with van der Waals surface area (Å²) in [6, 6.07) is 3.47. The highest BCUT2D eigenvalue weighted by Gasteiger charge is 2.57. The lowest BCUT2D eigenvalue weighted by atomic mass is 9.61. The zero-order valence-electron chi connectivity index (χ0n) is 16.0. The van der Waals surface area contributed by atoms with E-state index < -0.39 is 8.32 Å². The van der Waals surface area contributed by atoms with Crippen molar-refractivity contribution in [3.8, 4) is 0 Å². The van der Waals surface area contributed by atoms with Crippen molar-refractivity contribution in [3.05, 3.63) is 12.2 Å². The summed E-state index contributed by atoms with van der Waals surface area (Å²) in [5.74, 6) is 1.68. The van der Waals surface area contributed by atoms with E-state index in [9.17, 15) is 4.79 Å². The first kappa shape index (κ1) is 18.9. The van der Waals surface area contributed by atoms with Crippen LogP contribution in [0, 0.1) is 23.2 Å². The molecule has 0 bridgehead atoms. The molecule has 1 saturated carbocycles. The number of rotatable bonds is 6. The Bertz CT molecular complexity index is 444. The van der Waals surface area contributed by atoms with Crippen LogP contribution >= 0.6 is 0 Å². The van der Waals surface area contributed by atoms with Crippen LogP contribution in [0.3, 0.4) is 0 Å². The third kappa shape index (κ3) is 3.11. The minimum absolute atomic E-state index is 0.101. The van der Waals surface area contributed by atoms with Crippen LogP contribution < -0.4 is 0 Å². The van der Waals surface area contributed by atoms with Crippen molar-refractivity contribution in [3.63, 3.8) is 0 Å². The Labute approximate surface area is 144 Å². The fourth-order valence-corrected chi connectivity index (χ4v) is 7.80. The summed E-state index contributed by atoms with van der Waals surface area (Å²) in [6.45, 7) is 13.7. The van der Waals surface area contributed by atoms with Crippen LogP contribution in [-0.2, 0) is 9.22 Å². The molecule has 132 valence electrons. The molecular weight excluding hydrogens is 300 g/mol. The number of Topliss-reactive ketones (excluding diaryl/α,β-unsaturated/α-hetero) is 1. The molecule has 0 amide bonds. The van der Waals surface area contributed by atoms with Gasteiger partial charge in [-0.1, -0.05) is 53.7 Å². The maximum Gasteiger partial charge on any atom is 0.192 e. The summed E-state index contributed by atoms with van der Waals surface area (Å²) in [6.07, 6.45) is 7.58. The van der Waals surface area contributed by atoms with Gasteiger partial charge in [-0.05, 0) is 42.8 Å². The lowest BCUT2D eigenvalue weighted by Crippen LogP contribution is -2.56. The van der Waals surface area contributed by atoms with Gasteiger partial charge in [0.1, 0.15) is 5.78 Å². The first-order valence-electron chi connectivity index (χ1n) is 9.76. The quantitative estimate of drug-likeness (QED) is 0.466. The van der Waals surface area contributed by atoms with Crippen molar-refractivity contribution < 1.29 is 9.22 Å². The van der Waals surface area contributed by atoms with E-state index in [0.717, 1.165) is 37.4 Å². The Morgan fingerprint density at radius 3 is 2.26 bits per heavy atom. The summed E-state index contributed by atoms with van der Waals surface area (Å²) in [5.41, 5.74) is -0.249. The summed E-state index contributed by atoms with van der Waals surface area (Å²) in [4.78, 5) is 13.0. The molecule has 0 aromatic rings. The Kier molecular flexibility index (Phi) is 5.94. The van der Waals surface area contributed by atoms with Gasteiger partial charge in [0.25, 0.3) is 0 Å². The van der Waals surface area contributed by atoms with E-state index in [2.05, 4.69) is 53.7 Å². The molecule has 1 spiro atoms. The van der Waals surface area contributed by atoms with Crippen LogP contribution in [0.1, 0.15) is 60.8 Å². The minimum atomic E-state index is -1.73. The number of hydrogen-bond acceptors (Lipinski definition) is 2. The lowest BCUT2D eigenvalue weighted by molar-refractivity contribution is -0.138. The molecule has 3 heteroatoms. The SMILES string of the molecule is CC[Si](CC)(CC)O[C@H]1[C@@H](C(C)C)C=C[C@H](C)[C@@]12CCCC2=O. The molecule has 0 radical (unpaired) electrons. The summed E-state index contributed by atoms with van der Waals surface area (Å²) in [7, 11) is -1.73. The zero-order valence-corrected chi connectivity index (χ0v) is 17.0. The average molecular weight is 337 g/mol. The zero-order chi connectivity index (χ0) is 17.3. The third-order valence-electron chi connectivity index (χ3n) is 6.89. The van der Waals surface area contributed by atoms with Gasteiger partial charge in [0.05, 0.1) is 11.5 Å². The van der Waals surface area contributed by atoms with Gasteiger partial charge in [0, 0.05) is 12.3 Å². The molecule has 4 atom stereocenters. The summed E-state index contributed by atoms with van der Waals surface area (Å²) < 4.78 is 7.05. The van der Waals surface area contributed by atoms with Crippen molar-refractivity contribution in [1.29, 1.82) is 0 Å². The highest BCUT2D eigenvalue weighted by Crippen LogP contribution is 2.53. The number of allylic oxidation sites excluding steroid dienone is 1. The van der Waals surface area contributed by atoms with E-state index in [1.165, 1.54) is 0 Å². The third-order valence-corrected chi connectivity index (χ3v) is 11.5. The number of carbonyl (C=O) groups excluding carboxylic acids is 1. The van der Waals surface area contributed by atoms with Crippen LogP contribution in [-0.4, -0.2) is 20.2 Å². The van der Waals surface area contributed by atoms with Crippen molar-refractivity contribution in [2.75, 3.05) is 0 Å². The van der Waals surface area contributed by atoms with Gasteiger partial charge in [-0.3, -0.25) is 4.79 Å². The van der Waals surface area contributed by atoms with Gasteiger partial charge in [-0.15, -0.1) is 0 Å².